The van der Waals surface area contributed by atoms with Crippen molar-refractivity contribution in [2.75, 3.05) is 20.1 Å². The summed E-state index contributed by atoms with van der Waals surface area (Å²) in [7, 11) is 1.54. The minimum atomic E-state index is -0.289. The first-order valence-electron chi connectivity index (χ1n) is 3.99. The van der Waals surface area contributed by atoms with Crippen LogP contribution in [0.4, 0.5) is 4.79 Å². The Hall–Kier alpha value is -1.36. The van der Waals surface area contributed by atoms with Crippen LogP contribution in [0.15, 0.2) is 16.8 Å². The minimum Gasteiger partial charge on any atom is -0.340 e. The summed E-state index contributed by atoms with van der Waals surface area (Å²) in [5, 5.41) is 7.25. The molecule has 3 N–H and O–H groups in total. The molecule has 0 radical (unpaired) electrons. The molecule has 0 atom stereocenters. The molecule has 5 heteroatoms. The number of urea groups is 1. The van der Waals surface area contributed by atoms with E-state index < -0.39 is 0 Å². The van der Waals surface area contributed by atoms with E-state index >= 15 is 0 Å². The monoisotopic (exact) mass is 184 g/mol. The van der Waals surface area contributed by atoms with Crippen molar-refractivity contribution in [3.8, 4) is 0 Å². The van der Waals surface area contributed by atoms with Gasteiger partial charge in [-0.2, -0.15) is 5.10 Å². The molecule has 0 aliphatic carbocycles. The molecule has 0 aliphatic heterocycles. The Morgan fingerprint density at radius 3 is 2.69 bits per heavy atom. The SMILES string of the molecule is C=NN(C/C(=C/C)CN)C(=O)NC. The molecule has 0 saturated heterocycles. The third kappa shape index (κ3) is 3.71. The first kappa shape index (κ1) is 11.6. The van der Waals surface area contributed by atoms with Gasteiger partial charge in [0.05, 0.1) is 6.54 Å². The lowest BCUT2D eigenvalue weighted by molar-refractivity contribution is 0.207. The molecular formula is C8H16N4O. The smallest absolute Gasteiger partial charge is 0.337 e. The molecule has 13 heavy (non-hydrogen) atoms. The Bertz CT molecular complexity index is 212. The van der Waals surface area contributed by atoms with Gasteiger partial charge in [0, 0.05) is 20.3 Å². The van der Waals surface area contributed by atoms with Gasteiger partial charge >= 0.3 is 6.03 Å². The van der Waals surface area contributed by atoms with Gasteiger partial charge in [-0.05, 0) is 12.5 Å². The average Bonchev–Trinajstić information content (AvgIpc) is 2.19. The quantitative estimate of drug-likeness (QED) is 0.371. The van der Waals surface area contributed by atoms with Crippen LogP contribution in [0.25, 0.3) is 0 Å². The van der Waals surface area contributed by atoms with Crippen molar-refractivity contribution >= 4 is 12.7 Å². The number of amides is 2. The van der Waals surface area contributed by atoms with E-state index in [1.807, 2.05) is 13.0 Å². The Kier molecular flexibility index (Phi) is 5.54. The second kappa shape index (κ2) is 6.19. The highest BCUT2D eigenvalue weighted by atomic mass is 16.2. The number of nitrogens with zero attached hydrogens (tertiary/aromatic N) is 2. The van der Waals surface area contributed by atoms with Gasteiger partial charge in [-0.15, -0.1) is 0 Å². The minimum absolute atomic E-state index is 0.289. The predicted molar refractivity (Wildman–Crippen MR) is 53.5 cm³/mol. The molecule has 2 amide bonds. The number of allylic oxidation sites excluding steroid dienone is 1. The topological polar surface area (TPSA) is 70.7 Å². The van der Waals surface area contributed by atoms with Crippen molar-refractivity contribution in [1.29, 1.82) is 0 Å². The van der Waals surface area contributed by atoms with Crippen LogP contribution in [0.1, 0.15) is 6.92 Å². The molecule has 0 bridgehead atoms. The zero-order valence-corrected chi connectivity index (χ0v) is 8.08. The summed E-state index contributed by atoms with van der Waals surface area (Å²) in [5.74, 6) is 0. The fourth-order valence-electron chi connectivity index (χ4n) is 0.781. The van der Waals surface area contributed by atoms with Crippen LogP contribution in [-0.4, -0.2) is 37.9 Å². The normalized spacial score (nSPS) is 10.8. The summed E-state index contributed by atoms with van der Waals surface area (Å²) in [6, 6.07) is -0.289. The van der Waals surface area contributed by atoms with Gasteiger partial charge in [0.1, 0.15) is 0 Å². The highest BCUT2D eigenvalue weighted by Gasteiger charge is 2.09. The van der Waals surface area contributed by atoms with Gasteiger partial charge in [-0.1, -0.05) is 6.08 Å². The van der Waals surface area contributed by atoms with Crippen molar-refractivity contribution < 1.29 is 4.79 Å². The molecule has 0 rings (SSSR count). The van der Waals surface area contributed by atoms with Gasteiger partial charge in [-0.25, -0.2) is 9.80 Å². The number of rotatable bonds is 4. The molecule has 0 unspecified atom stereocenters. The van der Waals surface area contributed by atoms with Gasteiger partial charge in [0.15, 0.2) is 0 Å². The van der Waals surface area contributed by atoms with Crippen LogP contribution in [0.5, 0.6) is 0 Å². The summed E-state index contributed by atoms with van der Waals surface area (Å²) >= 11 is 0. The molecule has 0 aromatic heterocycles. The molecule has 0 fully saturated rings. The van der Waals surface area contributed by atoms with Crippen LogP contribution in [0.2, 0.25) is 0 Å². The van der Waals surface area contributed by atoms with E-state index in [0.29, 0.717) is 13.1 Å². The van der Waals surface area contributed by atoms with E-state index in [2.05, 4.69) is 17.1 Å². The van der Waals surface area contributed by atoms with Crippen molar-refractivity contribution in [2.45, 2.75) is 6.92 Å². The van der Waals surface area contributed by atoms with Crippen LogP contribution in [-0.2, 0) is 0 Å². The molecule has 5 nitrogen and oxygen atoms in total. The summed E-state index contributed by atoms with van der Waals surface area (Å²) in [4.78, 5) is 11.1. The summed E-state index contributed by atoms with van der Waals surface area (Å²) in [5.41, 5.74) is 6.38. The zero-order valence-electron chi connectivity index (χ0n) is 8.08. The van der Waals surface area contributed by atoms with Crippen LogP contribution < -0.4 is 11.1 Å². The van der Waals surface area contributed by atoms with E-state index in [1.165, 1.54) is 12.1 Å². The van der Waals surface area contributed by atoms with Crippen molar-refractivity contribution in [3.05, 3.63) is 11.6 Å². The maximum Gasteiger partial charge on any atom is 0.337 e. The second-order valence-corrected chi connectivity index (χ2v) is 2.41. The summed E-state index contributed by atoms with van der Waals surface area (Å²) in [6.45, 7) is 5.97. The number of carbonyl (C=O) groups is 1. The fraction of sp³-hybridized carbons (Fsp3) is 0.500. The first-order chi connectivity index (χ1) is 6.19. The Balaban J connectivity index is 4.28. The Morgan fingerprint density at radius 1 is 1.77 bits per heavy atom. The molecule has 0 aromatic rings. The lowest BCUT2D eigenvalue weighted by Gasteiger charge is -2.16. The van der Waals surface area contributed by atoms with E-state index in [9.17, 15) is 4.79 Å². The molecule has 0 spiro atoms. The van der Waals surface area contributed by atoms with E-state index in [4.69, 9.17) is 5.73 Å². The van der Waals surface area contributed by atoms with E-state index in [0.717, 1.165) is 5.57 Å². The highest BCUT2D eigenvalue weighted by Crippen LogP contribution is 1.98. The maximum atomic E-state index is 11.1. The maximum absolute atomic E-state index is 11.1. The van der Waals surface area contributed by atoms with Gasteiger partial charge in [0.25, 0.3) is 0 Å². The number of nitrogens with two attached hydrogens (primary N) is 1. The lowest BCUT2D eigenvalue weighted by atomic mass is 10.2. The third-order valence-electron chi connectivity index (χ3n) is 1.64. The van der Waals surface area contributed by atoms with Crippen molar-refractivity contribution in [2.24, 2.45) is 10.8 Å². The van der Waals surface area contributed by atoms with Gasteiger partial charge in [0.2, 0.25) is 0 Å². The standard InChI is InChI=1S/C8H16N4O/c1-4-7(5-9)6-12(11-3)8(13)10-2/h4H,3,5-6,9H2,1-2H3,(H,10,13)/b7-4+. The average molecular weight is 184 g/mol. The van der Waals surface area contributed by atoms with Crippen LogP contribution in [0.3, 0.4) is 0 Å². The number of nitrogens with one attached hydrogen (secondary N) is 1. The van der Waals surface area contributed by atoms with E-state index in [1.54, 1.807) is 0 Å². The van der Waals surface area contributed by atoms with E-state index in [-0.39, 0.29) is 6.03 Å². The fourth-order valence-corrected chi connectivity index (χ4v) is 0.781. The molecule has 0 saturated carbocycles. The number of hydrogen-bond acceptors (Lipinski definition) is 3. The Labute approximate surface area is 78.3 Å². The molecular weight excluding hydrogens is 168 g/mol. The summed E-state index contributed by atoms with van der Waals surface area (Å²) < 4.78 is 0. The van der Waals surface area contributed by atoms with Crippen molar-refractivity contribution in [3.63, 3.8) is 0 Å². The molecule has 74 valence electrons. The van der Waals surface area contributed by atoms with Crippen LogP contribution in [0, 0.1) is 0 Å². The molecule has 0 heterocycles. The van der Waals surface area contributed by atoms with Gasteiger partial charge < -0.3 is 11.1 Å². The largest absolute Gasteiger partial charge is 0.340 e. The van der Waals surface area contributed by atoms with Crippen LogP contribution >= 0.6 is 0 Å². The second-order valence-electron chi connectivity index (χ2n) is 2.41. The molecule has 0 aliphatic rings. The number of carbonyl (C=O) groups excluding carboxylic acids is 1. The predicted octanol–water partition coefficient (Wildman–Crippen LogP) is 0.148. The van der Waals surface area contributed by atoms with Gasteiger partial charge in [-0.3, -0.25) is 0 Å². The Morgan fingerprint density at radius 2 is 2.38 bits per heavy atom. The highest BCUT2D eigenvalue weighted by molar-refractivity contribution is 5.74. The zero-order chi connectivity index (χ0) is 10.3. The summed E-state index contributed by atoms with van der Waals surface area (Å²) in [6.07, 6.45) is 1.86. The third-order valence-corrected chi connectivity index (χ3v) is 1.64. The van der Waals surface area contributed by atoms with Crippen molar-refractivity contribution in [1.82, 2.24) is 10.3 Å². The number of hydrazone groups is 1. The first-order valence-corrected chi connectivity index (χ1v) is 3.99. The number of hydrogen-bond donors (Lipinski definition) is 2. The lowest BCUT2D eigenvalue weighted by Crippen LogP contribution is -2.36. The molecule has 0 aromatic carbocycles.